The molecular formula is C14H10I3NO4. The highest BCUT2D eigenvalue weighted by atomic mass is 127. The molecule has 0 radical (unpaired) electrons. The van der Waals surface area contributed by atoms with Gasteiger partial charge in [0.05, 0.1) is 24.7 Å². The van der Waals surface area contributed by atoms with Crippen molar-refractivity contribution >= 4 is 79.7 Å². The first-order valence-electron chi connectivity index (χ1n) is 5.91. The van der Waals surface area contributed by atoms with Crippen LogP contribution in [0.1, 0.15) is 22.3 Å². The fourth-order valence-electron chi connectivity index (χ4n) is 1.53. The zero-order chi connectivity index (χ0) is 16.9. The van der Waals surface area contributed by atoms with Crippen molar-refractivity contribution < 1.29 is 19.4 Å². The van der Waals surface area contributed by atoms with Crippen molar-refractivity contribution in [2.24, 2.45) is 0 Å². The lowest BCUT2D eigenvalue weighted by Crippen LogP contribution is -2.12. The zero-order valence-corrected chi connectivity index (χ0v) is 17.6. The molecule has 0 aliphatic rings. The van der Waals surface area contributed by atoms with Crippen molar-refractivity contribution in [2.45, 2.75) is 12.8 Å². The molecule has 1 aromatic rings. The molecule has 5 nitrogen and oxygen atoms in total. The molecule has 0 aliphatic carbocycles. The number of ether oxygens (including phenoxy) is 1. The smallest absolute Gasteiger partial charge is 0.336 e. The number of halogens is 3. The van der Waals surface area contributed by atoms with E-state index in [4.69, 9.17) is 15.1 Å². The van der Waals surface area contributed by atoms with Gasteiger partial charge in [-0.3, -0.25) is 0 Å². The van der Waals surface area contributed by atoms with Crippen LogP contribution in [0.25, 0.3) is 0 Å². The SMILES string of the molecule is C=C(CC#N)C(=O)OCCc1c(I)cc(C(=O)O)c(I)c1I. The number of rotatable bonds is 6. The Morgan fingerprint density at radius 1 is 1.32 bits per heavy atom. The van der Waals surface area contributed by atoms with Crippen LogP contribution in [0.5, 0.6) is 0 Å². The first-order valence-corrected chi connectivity index (χ1v) is 9.14. The Morgan fingerprint density at radius 3 is 2.50 bits per heavy atom. The summed E-state index contributed by atoms with van der Waals surface area (Å²) in [6.45, 7) is 3.63. The molecule has 0 atom stereocenters. The second kappa shape index (κ2) is 9.02. The molecule has 8 heteroatoms. The van der Waals surface area contributed by atoms with Crippen LogP contribution >= 0.6 is 67.8 Å². The van der Waals surface area contributed by atoms with Crippen LogP contribution in [0.4, 0.5) is 0 Å². The van der Waals surface area contributed by atoms with E-state index in [2.05, 4.69) is 51.8 Å². The Balaban J connectivity index is 2.82. The predicted molar refractivity (Wildman–Crippen MR) is 106 cm³/mol. The van der Waals surface area contributed by atoms with Crippen LogP contribution < -0.4 is 0 Å². The third-order valence-corrected chi connectivity index (χ3v) is 6.96. The maximum Gasteiger partial charge on any atom is 0.336 e. The fourth-order valence-corrected chi connectivity index (χ4v) is 4.46. The Hall–Kier alpha value is -0.420. The molecule has 0 amide bonds. The molecule has 0 unspecified atom stereocenters. The van der Waals surface area contributed by atoms with Gasteiger partial charge in [0.25, 0.3) is 0 Å². The highest BCUT2D eigenvalue weighted by molar-refractivity contribution is 14.1. The first kappa shape index (κ1) is 19.6. The molecular weight excluding hydrogens is 627 g/mol. The number of carbonyl (C=O) groups is 2. The maximum absolute atomic E-state index is 11.5. The summed E-state index contributed by atoms with van der Waals surface area (Å²) < 4.78 is 7.39. The van der Waals surface area contributed by atoms with E-state index in [-0.39, 0.29) is 24.2 Å². The molecule has 0 bridgehead atoms. The molecule has 1 rings (SSSR count). The van der Waals surface area contributed by atoms with Crippen LogP contribution in [0.2, 0.25) is 0 Å². The van der Waals surface area contributed by atoms with Gasteiger partial charge in [0.1, 0.15) is 0 Å². The lowest BCUT2D eigenvalue weighted by atomic mass is 10.1. The molecule has 22 heavy (non-hydrogen) atoms. The van der Waals surface area contributed by atoms with Crippen LogP contribution in [-0.4, -0.2) is 23.7 Å². The minimum atomic E-state index is -0.967. The maximum atomic E-state index is 11.5. The lowest BCUT2D eigenvalue weighted by Gasteiger charge is -2.12. The summed E-state index contributed by atoms with van der Waals surface area (Å²) in [5.74, 6) is -1.55. The standard InChI is InChI=1S/C14H10I3NO4/c1-7(2-4-18)14(21)22-5-3-8-10(15)6-9(13(19)20)12(17)11(8)16/h6H,1-3,5H2,(H,19,20). The normalized spacial score (nSPS) is 9.91. The van der Waals surface area contributed by atoms with Crippen molar-refractivity contribution in [3.8, 4) is 6.07 Å². The summed E-state index contributed by atoms with van der Waals surface area (Å²) in [6, 6.07) is 3.45. The fraction of sp³-hybridized carbons (Fsp3) is 0.214. The third-order valence-electron chi connectivity index (χ3n) is 2.65. The van der Waals surface area contributed by atoms with Gasteiger partial charge in [-0.05, 0) is 79.4 Å². The third kappa shape index (κ3) is 5.05. The number of carboxylic acids is 1. The quantitative estimate of drug-likeness (QED) is 0.223. The van der Waals surface area contributed by atoms with Crippen molar-refractivity contribution in [1.29, 1.82) is 5.26 Å². The van der Waals surface area contributed by atoms with Gasteiger partial charge in [0.15, 0.2) is 0 Å². The Kier molecular flexibility index (Phi) is 8.04. The van der Waals surface area contributed by atoms with E-state index >= 15 is 0 Å². The van der Waals surface area contributed by atoms with Gasteiger partial charge in [0, 0.05) is 22.7 Å². The van der Waals surface area contributed by atoms with Crippen molar-refractivity contribution in [2.75, 3.05) is 6.61 Å². The van der Waals surface area contributed by atoms with E-state index in [0.29, 0.717) is 9.99 Å². The van der Waals surface area contributed by atoms with E-state index < -0.39 is 11.9 Å². The monoisotopic (exact) mass is 637 g/mol. The second-order valence-corrected chi connectivity index (χ2v) is 7.46. The molecule has 116 valence electrons. The lowest BCUT2D eigenvalue weighted by molar-refractivity contribution is -0.138. The number of carboxylic acid groups (broad SMARTS) is 1. The number of benzene rings is 1. The zero-order valence-electron chi connectivity index (χ0n) is 11.2. The van der Waals surface area contributed by atoms with Gasteiger partial charge >= 0.3 is 11.9 Å². The summed E-state index contributed by atoms with van der Waals surface area (Å²) in [7, 11) is 0. The summed E-state index contributed by atoms with van der Waals surface area (Å²) in [5, 5.41) is 17.6. The highest BCUT2D eigenvalue weighted by Gasteiger charge is 2.18. The minimum Gasteiger partial charge on any atom is -0.478 e. The van der Waals surface area contributed by atoms with Gasteiger partial charge in [0.2, 0.25) is 0 Å². The van der Waals surface area contributed by atoms with E-state index in [1.807, 2.05) is 28.7 Å². The van der Waals surface area contributed by atoms with E-state index in [1.165, 1.54) is 0 Å². The van der Waals surface area contributed by atoms with Crippen LogP contribution in [-0.2, 0) is 16.0 Å². The predicted octanol–water partition coefficient (Wildman–Crippen LogP) is 3.75. The van der Waals surface area contributed by atoms with Crippen molar-refractivity contribution in [3.63, 3.8) is 0 Å². The number of nitriles is 1. The molecule has 0 saturated heterocycles. The van der Waals surface area contributed by atoms with Crippen molar-refractivity contribution in [3.05, 3.63) is 40.1 Å². The van der Waals surface area contributed by atoms with Crippen LogP contribution in [0.3, 0.4) is 0 Å². The number of carbonyl (C=O) groups excluding carboxylic acids is 1. The number of nitrogens with zero attached hydrogens (tertiary/aromatic N) is 1. The van der Waals surface area contributed by atoms with E-state index in [9.17, 15) is 9.59 Å². The van der Waals surface area contributed by atoms with E-state index in [1.54, 1.807) is 6.07 Å². The summed E-state index contributed by atoms with van der Waals surface area (Å²) in [6.07, 6.45) is 0.414. The van der Waals surface area contributed by atoms with Crippen molar-refractivity contribution in [1.82, 2.24) is 0 Å². The first-order chi connectivity index (χ1) is 10.3. The molecule has 0 heterocycles. The summed E-state index contributed by atoms with van der Waals surface area (Å²) in [5.41, 5.74) is 1.33. The van der Waals surface area contributed by atoms with Gasteiger partial charge in [-0.2, -0.15) is 5.26 Å². The molecule has 0 spiro atoms. The molecule has 0 aliphatic heterocycles. The minimum absolute atomic E-state index is 0.0564. The highest BCUT2D eigenvalue weighted by Crippen LogP contribution is 2.28. The van der Waals surface area contributed by atoms with E-state index in [0.717, 1.165) is 12.7 Å². The molecule has 0 aromatic heterocycles. The van der Waals surface area contributed by atoms with Crippen LogP contribution in [0.15, 0.2) is 18.2 Å². The largest absolute Gasteiger partial charge is 0.478 e. The van der Waals surface area contributed by atoms with Gasteiger partial charge in [-0.15, -0.1) is 0 Å². The Morgan fingerprint density at radius 2 is 1.95 bits per heavy atom. The number of aromatic carboxylic acids is 1. The number of hydrogen-bond acceptors (Lipinski definition) is 4. The topological polar surface area (TPSA) is 87.4 Å². The molecule has 1 aromatic carbocycles. The van der Waals surface area contributed by atoms with Gasteiger partial charge in [-0.25, -0.2) is 9.59 Å². The Labute approximate surface area is 168 Å². The summed E-state index contributed by atoms with van der Waals surface area (Å²) >= 11 is 6.17. The summed E-state index contributed by atoms with van der Waals surface area (Å²) in [4.78, 5) is 22.7. The number of hydrogen-bond donors (Lipinski definition) is 1. The van der Waals surface area contributed by atoms with Gasteiger partial charge in [-0.1, -0.05) is 6.58 Å². The number of esters is 1. The average molecular weight is 637 g/mol. The molecule has 0 fully saturated rings. The second-order valence-electron chi connectivity index (χ2n) is 4.14. The van der Waals surface area contributed by atoms with Crippen LogP contribution in [0, 0.1) is 22.0 Å². The molecule has 0 saturated carbocycles. The Bertz CT molecular complexity index is 680. The molecule has 1 N–H and O–H groups in total. The average Bonchev–Trinajstić information content (AvgIpc) is 2.46. The van der Waals surface area contributed by atoms with Gasteiger partial charge < -0.3 is 9.84 Å².